The monoisotopic (exact) mass is 511 g/mol. The number of aliphatic carboxylic acids is 1. The highest BCUT2D eigenvalue weighted by atomic mass is 19.1. The topological polar surface area (TPSA) is 90.4 Å². The minimum Gasteiger partial charge on any atom is -0.497 e. The van der Waals surface area contributed by atoms with Crippen LogP contribution in [0.4, 0.5) is 14.9 Å². The second kappa shape index (κ2) is 10.8. The van der Waals surface area contributed by atoms with Crippen molar-refractivity contribution in [2.75, 3.05) is 38.2 Å². The number of carbonyl (C=O) groups excluding carboxylic acids is 2. The average Bonchev–Trinajstić information content (AvgIpc) is 3.05. The molecular formula is C28H34FN3O5. The summed E-state index contributed by atoms with van der Waals surface area (Å²) in [6.07, 6.45) is 1.11. The Bertz CT molecular complexity index is 1160. The molecule has 198 valence electrons. The molecule has 3 amide bonds. The summed E-state index contributed by atoms with van der Waals surface area (Å²) in [7, 11) is 1.61. The molecule has 37 heavy (non-hydrogen) atoms. The summed E-state index contributed by atoms with van der Waals surface area (Å²) < 4.78 is 19.3. The average molecular weight is 512 g/mol. The zero-order valence-corrected chi connectivity index (χ0v) is 21.6. The highest BCUT2D eigenvalue weighted by Gasteiger charge is 2.57. The Labute approximate surface area is 216 Å². The fourth-order valence-electron chi connectivity index (χ4n) is 5.33. The fourth-order valence-corrected chi connectivity index (χ4v) is 5.33. The number of methoxy groups -OCH3 is 1. The van der Waals surface area contributed by atoms with Crippen molar-refractivity contribution in [3.8, 4) is 5.75 Å². The lowest BCUT2D eigenvalue weighted by molar-refractivity contribution is -0.136. The van der Waals surface area contributed by atoms with Crippen molar-refractivity contribution in [2.45, 2.75) is 45.1 Å². The van der Waals surface area contributed by atoms with E-state index in [1.54, 1.807) is 24.1 Å². The van der Waals surface area contributed by atoms with Crippen LogP contribution in [0.15, 0.2) is 42.5 Å². The van der Waals surface area contributed by atoms with Gasteiger partial charge in [0.2, 0.25) is 0 Å². The molecule has 2 aliphatic heterocycles. The molecule has 2 aromatic rings. The molecule has 0 bridgehead atoms. The molecule has 0 atom stereocenters. The van der Waals surface area contributed by atoms with Gasteiger partial charge in [-0.25, -0.2) is 9.18 Å². The zero-order valence-electron chi connectivity index (χ0n) is 21.6. The molecule has 2 aliphatic rings. The number of nitrogens with zero attached hydrogens (tertiary/aromatic N) is 3. The maximum Gasteiger partial charge on any atom is 0.327 e. The van der Waals surface area contributed by atoms with Gasteiger partial charge in [0.1, 0.15) is 17.1 Å². The van der Waals surface area contributed by atoms with Crippen LogP contribution in [-0.4, -0.2) is 71.6 Å². The first-order valence-electron chi connectivity index (χ1n) is 12.7. The van der Waals surface area contributed by atoms with Crippen LogP contribution in [-0.2, 0) is 22.4 Å². The summed E-state index contributed by atoms with van der Waals surface area (Å²) in [4.78, 5) is 43.5. The van der Waals surface area contributed by atoms with Crippen molar-refractivity contribution in [3.05, 3.63) is 59.4 Å². The summed E-state index contributed by atoms with van der Waals surface area (Å²) in [5.74, 6) is -0.883. The van der Waals surface area contributed by atoms with Gasteiger partial charge in [0.25, 0.3) is 5.91 Å². The number of hydrogen-bond donors (Lipinski definition) is 1. The minimum absolute atomic E-state index is 0.127. The maximum absolute atomic E-state index is 14.1. The predicted octanol–water partition coefficient (Wildman–Crippen LogP) is 3.96. The summed E-state index contributed by atoms with van der Waals surface area (Å²) in [5, 5.41) is 9.10. The fraction of sp³-hybridized carbons (Fsp3) is 0.464. The van der Waals surface area contributed by atoms with Gasteiger partial charge in [0, 0.05) is 37.4 Å². The predicted molar refractivity (Wildman–Crippen MR) is 137 cm³/mol. The van der Waals surface area contributed by atoms with E-state index in [1.807, 2.05) is 43.0 Å². The number of carboxylic acid groups (broad SMARTS) is 1. The molecule has 2 aromatic carbocycles. The van der Waals surface area contributed by atoms with Gasteiger partial charge in [0.15, 0.2) is 0 Å². The Balaban J connectivity index is 1.54. The molecule has 0 aliphatic carbocycles. The first kappa shape index (κ1) is 26.4. The van der Waals surface area contributed by atoms with Crippen LogP contribution in [0.1, 0.15) is 37.8 Å². The molecule has 0 saturated carbocycles. The summed E-state index contributed by atoms with van der Waals surface area (Å²) >= 11 is 0. The van der Waals surface area contributed by atoms with Crippen molar-refractivity contribution in [2.24, 2.45) is 5.92 Å². The lowest BCUT2D eigenvalue weighted by atomic mass is 9.85. The molecule has 2 saturated heterocycles. The van der Waals surface area contributed by atoms with E-state index >= 15 is 0 Å². The smallest absolute Gasteiger partial charge is 0.327 e. The van der Waals surface area contributed by atoms with Crippen LogP contribution in [0, 0.1) is 11.7 Å². The van der Waals surface area contributed by atoms with Crippen molar-refractivity contribution in [1.29, 1.82) is 0 Å². The molecule has 0 unspecified atom stereocenters. The number of amides is 3. The number of carbonyl (C=O) groups is 3. The van der Waals surface area contributed by atoms with E-state index in [1.165, 1.54) is 11.0 Å². The lowest BCUT2D eigenvalue weighted by Gasteiger charge is -2.43. The van der Waals surface area contributed by atoms with E-state index in [-0.39, 0.29) is 23.4 Å². The van der Waals surface area contributed by atoms with Gasteiger partial charge in [-0.15, -0.1) is 0 Å². The number of anilines is 1. The van der Waals surface area contributed by atoms with Crippen molar-refractivity contribution in [1.82, 2.24) is 9.80 Å². The molecule has 4 rings (SSSR count). The minimum atomic E-state index is -1.10. The Kier molecular flexibility index (Phi) is 7.71. The quantitative estimate of drug-likeness (QED) is 0.513. The molecule has 0 radical (unpaired) electrons. The molecule has 1 spiro atoms. The first-order valence-corrected chi connectivity index (χ1v) is 12.7. The normalized spacial score (nSPS) is 17.3. The Hall–Kier alpha value is -3.62. The van der Waals surface area contributed by atoms with Crippen molar-refractivity contribution in [3.63, 3.8) is 0 Å². The van der Waals surface area contributed by atoms with Crippen LogP contribution in [0.3, 0.4) is 0 Å². The molecular weight excluding hydrogens is 477 g/mol. The van der Waals surface area contributed by atoms with Crippen LogP contribution < -0.4 is 9.64 Å². The van der Waals surface area contributed by atoms with E-state index in [9.17, 15) is 18.8 Å². The third kappa shape index (κ3) is 5.40. The van der Waals surface area contributed by atoms with Gasteiger partial charge >= 0.3 is 12.0 Å². The molecule has 8 nitrogen and oxygen atoms in total. The Morgan fingerprint density at radius 3 is 2.38 bits per heavy atom. The third-order valence-corrected chi connectivity index (χ3v) is 7.28. The first-order chi connectivity index (χ1) is 17.6. The largest absolute Gasteiger partial charge is 0.497 e. The number of imide groups is 1. The second-order valence-electron chi connectivity index (χ2n) is 10.2. The summed E-state index contributed by atoms with van der Waals surface area (Å²) in [6.45, 7) is 5.75. The van der Waals surface area contributed by atoms with Crippen LogP contribution >= 0.6 is 0 Å². The van der Waals surface area contributed by atoms with Gasteiger partial charge in [-0.2, -0.15) is 0 Å². The number of piperidine rings is 1. The number of halogens is 1. The van der Waals surface area contributed by atoms with E-state index in [0.29, 0.717) is 51.1 Å². The molecule has 1 N–H and O–H groups in total. The highest BCUT2D eigenvalue weighted by Crippen LogP contribution is 2.39. The van der Waals surface area contributed by atoms with E-state index in [2.05, 4.69) is 0 Å². The highest BCUT2D eigenvalue weighted by molar-refractivity contribution is 6.07. The summed E-state index contributed by atoms with van der Waals surface area (Å²) in [6, 6.07) is 11.9. The number of hydrogen-bond acceptors (Lipinski definition) is 5. The van der Waals surface area contributed by atoms with Crippen molar-refractivity contribution >= 4 is 23.6 Å². The number of rotatable bonds is 9. The number of carboxylic acids is 1. The van der Waals surface area contributed by atoms with Crippen LogP contribution in [0.25, 0.3) is 0 Å². The molecule has 9 heteroatoms. The second-order valence-corrected chi connectivity index (χ2v) is 10.2. The Morgan fingerprint density at radius 2 is 1.78 bits per heavy atom. The van der Waals surface area contributed by atoms with Gasteiger partial charge in [0.05, 0.1) is 13.5 Å². The molecule has 2 heterocycles. The maximum atomic E-state index is 14.1. The number of urea groups is 1. The Morgan fingerprint density at radius 1 is 1.11 bits per heavy atom. The van der Waals surface area contributed by atoms with Crippen molar-refractivity contribution < 1.29 is 28.6 Å². The standard InChI is InChI=1S/C28H34FN3O5/c1-19(2)18-31-26(35)28(32(27(31)36)13-10-20-4-7-23(37-3)8-5-20)11-14-30(15-12-28)22-6-9-24(29)21(16-22)17-25(33)34/h4-9,16,19H,10-15,17-18H2,1-3H3,(H,33,34). The van der Waals surface area contributed by atoms with Gasteiger partial charge in [-0.05, 0) is 61.1 Å². The SMILES string of the molecule is COc1ccc(CCN2C(=O)N(CC(C)C)C(=O)C23CCN(c2ccc(F)c(CC(=O)O)c2)CC3)cc1. The number of ether oxygens (including phenoxy) is 1. The molecule has 2 fully saturated rings. The third-order valence-electron chi connectivity index (χ3n) is 7.28. The zero-order chi connectivity index (χ0) is 26.7. The number of benzene rings is 2. The van der Waals surface area contributed by atoms with Gasteiger partial charge < -0.3 is 19.6 Å². The van der Waals surface area contributed by atoms with Gasteiger partial charge in [-0.3, -0.25) is 14.5 Å². The lowest BCUT2D eigenvalue weighted by Crippen LogP contribution is -2.57. The van der Waals surface area contributed by atoms with Crippen LogP contribution in [0.5, 0.6) is 5.75 Å². The van der Waals surface area contributed by atoms with Crippen LogP contribution in [0.2, 0.25) is 0 Å². The van der Waals surface area contributed by atoms with E-state index in [0.717, 1.165) is 11.3 Å². The summed E-state index contributed by atoms with van der Waals surface area (Å²) in [5.41, 5.74) is 0.974. The molecule has 0 aromatic heterocycles. The van der Waals surface area contributed by atoms with Gasteiger partial charge in [-0.1, -0.05) is 26.0 Å². The van der Waals surface area contributed by atoms with E-state index < -0.39 is 23.7 Å². The van der Waals surface area contributed by atoms with E-state index in [4.69, 9.17) is 9.84 Å².